The molecule has 0 saturated carbocycles. The fourth-order valence-corrected chi connectivity index (χ4v) is 2.75. The van der Waals surface area contributed by atoms with Crippen molar-refractivity contribution >= 4 is 28.9 Å². The van der Waals surface area contributed by atoms with Crippen LogP contribution >= 0.6 is 23.2 Å². The number of halogens is 2. The zero-order valence-corrected chi connectivity index (χ0v) is 13.5. The molecule has 0 radical (unpaired) electrons. The number of hydrogen-bond donors (Lipinski definition) is 0. The maximum absolute atomic E-state index is 9.46. The third-order valence-corrected chi connectivity index (χ3v) is 3.92. The van der Waals surface area contributed by atoms with Gasteiger partial charge in [-0.15, -0.1) is 0 Å². The van der Waals surface area contributed by atoms with Crippen molar-refractivity contribution < 1.29 is 0 Å². The molecule has 2 rings (SSSR count). The average molecular weight is 319 g/mol. The first-order chi connectivity index (χ1) is 10.0. The predicted molar refractivity (Wildman–Crippen MR) is 89.3 cm³/mol. The quantitative estimate of drug-likeness (QED) is 0.800. The van der Waals surface area contributed by atoms with E-state index in [2.05, 4.69) is 12.1 Å². The third-order valence-electron chi connectivity index (χ3n) is 3.36. The zero-order valence-electron chi connectivity index (χ0n) is 12.0. The molecule has 0 aliphatic heterocycles. The molecule has 1 atom stereocenters. The third kappa shape index (κ3) is 3.91. The van der Waals surface area contributed by atoms with Gasteiger partial charge < -0.3 is 4.90 Å². The van der Waals surface area contributed by atoms with Gasteiger partial charge in [0.05, 0.1) is 12.0 Å². The Morgan fingerprint density at radius 1 is 1.14 bits per heavy atom. The van der Waals surface area contributed by atoms with Crippen molar-refractivity contribution in [2.75, 3.05) is 19.0 Å². The van der Waals surface area contributed by atoms with E-state index in [1.807, 2.05) is 43.3 Å². The second-order valence-electron chi connectivity index (χ2n) is 5.12. The molecule has 2 nitrogen and oxygen atoms in total. The van der Waals surface area contributed by atoms with Crippen molar-refractivity contribution in [2.45, 2.75) is 12.3 Å². The maximum atomic E-state index is 9.46. The van der Waals surface area contributed by atoms with E-state index in [0.717, 1.165) is 16.8 Å². The molecule has 0 heterocycles. The van der Waals surface area contributed by atoms with Crippen molar-refractivity contribution in [3.63, 3.8) is 0 Å². The van der Waals surface area contributed by atoms with Crippen LogP contribution in [0, 0.1) is 11.3 Å². The first kappa shape index (κ1) is 15.7. The van der Waals surface area contributed by atoms with Crippen molar-refractivity contribution in [2.24, 2.45) is 0 Å². The molecule has 0 spiro atoms. The summed E-state index contributed by atoms with van der Waals surface area (Å²) < 4.78 is 0. The van der Waals surface area contributed by atoms with Gasteiger partial charge in [0.2, 0.25) is 0 Å². The molecule has 0 aliphatic carbocycles. The zero-order chi connectivity index (χ0) is 15.4. The second kappa shape index (κ2) is 6.85. The average Bonchev–Trinajstić information content (AvgIpc) is 2.45. The lowest BCUT2D eigenvalue weighted by Crippen LogP contribution is -2.09. The van der Waals surface area contributed by atoms with Crippen LogP contribution in [0.4, 0.5) is 5.69 Å². The first-order valence-electron chi connectivity index (χ1n) is 6.62. The van der Waals surface area contributed by atoms with Crippen LogP contribution in [0.5, 0.6) is 0 Å². The van der Waals surface area contributed by atoms with E-state index < -0.39 is 0 Å². The summed E-state index contributed by atoms with van der Waals surface area (Å²) in [7, 11) is 3.99. The minimum absolute atomic E-state index is 0.285. The van der Waals surface area contributed by atoms with Crippen LogP contribution in [0.1, 0.15) is 17.0 Å². The minimum atomic E-state index is -0.285. The highest BCUT2D eigenvalue weighted by atomic mass is 35.5. The Bertz CT molecular complexity index is 675. The van der Waals surface area contributed by atoms with E-state index >= 15 is 0 Å². The molecule has 2 aromatic rings. The molecule has 0 amide bonds. The van der Waals surface area contributed by atoms with E-state index in [1.54, 1.807) is 12.1 Å². The van der Waals surface area contributed by atoms with Gasteiger partial charge in [0, 0.05) is 29.8 Å². The molecular weight excluding hydrogens is 303 g/mol. The summed E-state index contributed by atoms with van der Waals surface area (Å²) in [5.74, 6) is -0.285. The van der Waals surface area contributed by atoms with Gasteiger partial charge in [0.1, 0.15) is 0 Å². The summed E-state index contributed by atoms with van der Waals surface area (Å²) in [6.07, 6.45) is 0.625. The SMILES string of the molecule is CN(C)c1cccc(CC(C#N)c2ccc(Cl)cc2Cl)c1. The number of nitriles is 1. The Morgan fingerprint density at radius 2 is 1.90 bits per heavy atom. The number of hydrogen-bond acceptors (Lipinski definition) is 2. The molecule has 2 aromatic carbocycles. The Kier molecular flexibility index (Phi) is 5.12. The molecule has 108 valence electrons. The Hall–Kier alpha value is -1.69. The summed E-state index contributed by atoms with van der Waals surface area (Å²) >= 11 is 12.1. The van der Waals surface area contributed by atoms with Crippen LogP contribution < -0.4 is 4.90 Å². The molecule has 21 heavy (non-hydrogen) atoms. The summed E-state index contributed by atoms with van der Waals surface area (Å²) in [5.41, 5.74) is 3.05. The van der Waals surface area contributed by atoms with E-state index in [4.69, 9.17) is 23.2 Å². The lowest BCUT2D eigenvalue weighted by atomic mass is 9.93. The van der Waals surface area contributed by atoms with Gasteiger partial charge in [-0.1, -0.05) is 41.4 Å². The molecule has 0 saturated heterocycles. The van der Waals surface area contributed by atoms with Crippen LogP contribution in [-0.2, 0) is 6.42 Å². The molecule has 0 aromatic heterocycles. The number of anilines is 1. The van der Waals surface area contributed by atoms with Crippen LogP contribution in [0.25, 0.3) is 0 Å². The highest BCUT2D eigenvalue weighted by molar-refractivity contribution is 6.35. The topological polar surface area (TPSA) is 27.0 Å². The van der Waals surface area contributed by atoms with Crippen LogP contribution in [0.3, 0.4) is 0 Å². The van der Waals surface area contributed by atoms with Gasteiger partial charge >= 0.3 is 0 Å². The minimum Gasteiger partial charge on any atom is -0.378 e. The molecular formula is C17H16Cl2N2. The largest absolute Gasteiger partial charge is 0.378 e. The first-order valence-corrected chi connectivity index (χ1v) is 7.37. The normalized spacial score (nSPS) is 11.8. The summed E-state index contributed by atoms with van der Waals surface area (Å²) in [6, 6.07) is 15.8. The number of nitrogens with zero attached hydrogens (tertiary/aromatic N) is 2. The van der Waals surface area contributed by atoms with Crippen molar-refractivity contribution in [3.05, 3.63) is 63.6 Å². The lowest BCUT2D eigenvalue weighted by Gasteiger charge is -2.15. The highest BCUT2D eigenvalue weighted by Gasteiger charge is 2.15. The number of rotatable bonds is 4. The molecule has 0 fully saturated rings. The predicted octanol–water partition coefficient (Wildman–Crippen LogP) is 4.91. The van der Waals surface area contributed by atoms with Crippen LogP contribution in [-0.4, -0.2) is 14.1 Å². The standard InChI is InChI=1S/C17H16Cl2N2/c1-21(2)15-5-3-4-12(9-15)8-13(11-20)16-7-6-14(18)10-17(16)19/h3-7,9-10,13H,8H2,1-2H3. The van der Waals surface area contributed by atoms with Gasteiger partial charge in [-0.25, -0.2) is 0 Å². The van der Waals surface area contributed by atoms with Gasteiger partial charge in [-0.05, 0) is 41.8 Å². The van der Waals surface area contributed by atoms with Gasteiger partial charge in [0.25, 0.3) is 0 Å². The second-order valence-corrected chi connectivity index (χ2v) is 5.96. The molecule has 0 aliphatic rings. The van der Waals surface area contributed by atoms with E-state index in [0.29, 0.717) is 16.5 Å². The summed E-state index contributed by atoms with van der Waals surface area (Å²) in [5, 5.41) is 10.6. The monoisotopic (exact) mass is 318 g/mol. The fourth-order valence-electron chi connectivity index (χ4n) is 2.21. The van der Waals surface area contributed by atoms with Crippen molar-refractivity contribution in [3.8, 4) is 6.07 Å². The van der Waals surface area contributed by atoms with Gasteiger partial charge in [-0.2, -0.15) is 5.26 Å². The lowest BCUT2D eigenvalue weighted by molar-refractivity contribution is 0.849. The van der Waals surface area contributed by atoms with Gasteiger partial charge in [-0.3, -0.25) is 0 Å². The molecule has 4 heteroatoms. The van der Waals surface area contributed by atoms with Crippen LogP contribution in [0.15, 0.2) is 42.5 Å². The molecule has 1 unspecified atom stereocenters. The fraction of sp³-hybridized carbons (Fsp3) is 0.235. The van der Waals surface area contributed by atoms with E-state index in [-0.39, 0.29) is 5.92 Å². The van der Waals surface area contributed by atoms with E-state index in [1.165, 1.54) is 0 Å². The summed E-state index contributed by atoms with van der Waals surface area (Å²) in [4.78, 5) is 2.04. The van der Waals surface area contributed by atoms with Crippen LogP contribution in [0.2, 0.25) is 10.0 Å². The molecule has 0 bridgehead atoms. The van der Waals surface area contributed by atoms with E-state index in [9.17, 15) is 5.26 Å². The number of benzene rings is 2. The Labute approximate surface area is 135 Å². The summed E-state index contributed by atoms with van der Waals surface area (Å²) in [6.45, 7) is 0. The smallest absolute Gasteiger partial charge is 0.0767 e. The highest BCUT2D eigenvalue weighted by Crippen LogP contribution is 2.30. The van der Waals surface area contributed by atoms with Crippen molar-refractivity contribution in [1.29, 1.82) is 5.26 Å². The van der Waals surface area contributed by atoms with Crippen molar-refractivity contribution in [1.82, 2.24) is 0 Å². The Balaban J connectivity index is 2.27. The maximum Gasteiger partial charge on any atom is 0.0767 e. The Morgan fingerprint density at radius 3 is 2.52 bits per heavy atom. The van der Waals surface area contributed by atoms with Gasteiger partial charge in [0.15, 0.2) is 0 Å². The molecule has 0 N–H and O–H groups in total.